The van der Waals surface area contributed by atoms with Crippen LogP contribution in [-0.4, -0.2) is 23.3 Å². The van der Waals surface area contributed by atoms with E-state index in [-0.39, 0.29) is 11.8 Å². The van der Waals surface area contributed by atoms with Crippen molar-refractivity contribution in [1.29, 1.82) is 0 Å². The van der Waals surface area contributed by atoms with E-state index in [1.807, 2.05) is 24.3 Å². The molecule has 0 fully saturated rings. The minimum absolute atomic E-state index is 0.269. The van der Waals surface area contributed by atoms with E-state index in [4.69, 9.17) is 0 Å². The van der Waals surface area contributed by atoms with Crippen molar-refractivity contribution in [2.75, 3.05) is 11.9 Å². The second kappa shape index (κ2) is 4.71. The Hall–Kier alpha value is -1.62. The number of hydrogen-bond acceptors (Lipinski definition) is 3. The van der Waals surface area contributed by atoms with Crippen molar-refractivity contribution in [1.82, 2.24) is 4.90 Å². The van der Waals surface area contributed by atoms with E-state index in [2.05, 4.69) is 21.2 Å². The van der Waals surface area contributed by atoms with Crippen molar-refractivity contribution in [2.24, 2.45) is 0 Å². The van der Waals surface area contributed by atoms with Crippen molar-refractivity contribution in [3.63, 3.8) is 0 Å². The molecule has 0 bridgehead atoms. The number of rotatable bonds is 3. The third kappa shape index (κ3) is 2.39. The summed E-state index contributed by atoms with van der Waals surface area (Å²) in [7, 11) is 0. The minimum atomic E-state index is -0.280. The zero-order chi connectivity index (χ0) is 12.4. The summed E-state index contributed by atoms with van der Waals surface area (Å²) in [5.41, 5.74) is 1.08. The fourth-order valence-corrected chi connectivity index (χ4v) is 2.02. The molecule has 1 heterocycles. The van der Waals surface area contributed by atoms with Crippen LogP contribution in [0.15, 0.2) is 40.5 Å². The molecule has 17 heavy (non-hydrogen) atoms. The first-order valence-corrected chi connectivity index (χ1v) is 6.01. The quantitative estimate of drug-likeness (QED) is 0.869. The molecule has 2 rings (SSSR count). The molecule has 88 valence electrons. The summed E-state index contributed by atoms with van der Waals surface area (Å²) in [6, 6.07) is 7.41. The van der Waals surface area contributed by atoms with E-state index in [1.165, 1.54) is 11.0 Å². The molecule has 0 saturated carbocycles. The Morgan fingerprint density at radius 2 is 2.12 bits per heavy atom. The van der Waals surface area contributed by atoms with Crippen LogP contribution in [0.4, 0.5) is 5.69 Å². The SMILES string of the molecule is CCN1C(=O)C=C(Nc2cccc(Br)c2)C1=O. The van der Waals surface area contributed by atoms with E-state index in [0.29, 0.717) is 12.2 Å². The fraction of sp³-hybridized carbons (Fsp3) is 0.167. The minimum Gasteiger partial charge on any atom is -0.351 e. The van der Waals surface area contributed by atoms with Crippen LogP contribution < -0.4 is 5.32 Å². The van der Waals surface area contributed by atoms with Gasteiger partial charge in [0.1, 0.15) is 5.70 Å². The van der Waals surface area contributed by atoms with E-state index in [0.717, 1.165) is 10.2 Å². The van der Waals surface area contributed by atoms with Crippen molar-refractivity contribution in [3.8, 4) is 0 Å². The third-order valence-corrected chi connectivity index (χ3v) is 2.92. The van der Waals surface area contributed by atoms with Gasteiger partial charge in [-0.25, -0.2) is 0 Å². The van der Waals surface area contributed by atoms with Crippen LogP contribution in [0, 0.1) is 0 Å². The molecule has 1 aliphatic rings. The fourth-order valence-electron chi connectivity index (χ4n) is 1.62. The number of benzene rings is 1. The summed E-state index contributed by atoms with van der Waals surface area (Å²) in [6.45, 7) is 2.16. The summed E-state index contributed by atoms with van der Waals surface area (Å²) in [5, 5.41) is 2.95. The zero-order valence-corrected chi connectivity index (χ0v) is 10.8. The highest BCUT2D eigenvalue weighted by Gasteiger charge is 2.29. The Kier molecular flexibility index (Phi) is 3.28. The van der Waals surface area contributed by atoms with Crippen molar-refractivity contribution < 1.29 is 9.59 Å². The maximum atomic E-state index is 11.8. The molecule has 5 heteroatoms. The predicted octanol–water partition coefficient (Wildman–Crippen LogP) is 2.13. The molecule has 0 saturated heterocycles. The molecule has 4 nitrogen and oxygen atoms in total. The van der Waals surface area contributed by atoms with Crippen molar-refractivity contribution in [3.05, 3.63) is 40.5 Å². The second-order valence-electron chi connectivity index (χ2n) is 3.58. The van der Waals surface area contributed by atoms with E-state index < -0.39 is 0 Å². The number of nitrogens with zero attached hydrogens (tertiary/aromatic N) is 1. The van der Waals surface area contributed by atoms with E-state index in [1.54, 1.807) is 6.92 Å². The van der Waals surface area contributed by atoms with Crippen molar-refractivity contribution in [2.45, 2.75) is 6.92 Å². The van der Waals surface area contributed by atoms with Gasteiger partial charge >= 0.3 is 0 Å². The molecule has 2 amide bonds. The first kappa shape index (κ1) is 11.9. The molecule has 0 aliphatic carbocycles. The van der Waals surface area contributed by atoms with Crippen LogP contribution in [-0.2, 0) is 9.59 Å². The van der Waals surface area contributed by atoms with Crippen LogP contribution in [0.5, 0.6) is 0 Å². The van der Waals surface area contributed by atoms with Crippen LogP contribution in [0.1, 0.15) is 6.92 Å². The molecule has 0 aromatic heterocycles. The summed E-state index contributed by atoms with van der Waals surface area (Å²) in [5.74, 6) is -0.549. The third-order valence-electron chi connectivity index (χ3n) is 2.43. The summed E-state index contributed by atoms with van der Waals surface area (Å²) < 4.78 is 0.909. The smallest absolute Gasteiger partial charge is 0.277 e. The number of amides is 2. The second-order valence-corrected chi connectivity index (χ2v) is 4.50. The average molecular weight is 295 g/mol. The van der Waals surface area contributed by atoms with Gasteiger partial charge in [0, 0.05) is 22.8 Å². The molecule has 1 aromatic carbocycles. The topological polar surface area (TPSA) is 49.4 Å². The Morgan fingerprint density at radius 3 is 2.71 bits per heavy atom. The highest BCUT2D eigenvalue weighted by atomic mass is 79.9. The summed E-state index contributed by atoms with van der Waals surface area (Å²) >= 11 is 3.34. The average Bonchev–Trinajstić information content (AvgIpc) is 2.54. The lowest BCUT2D eigenvalue weighted by atomic mass is 10.3. The van der Waals surface area contributed by atoms with Gasteiger partial charge in [0.15, 0.2) is 0 Å². The van der Waals surface area contributed by atoms with Gasteiger partial charge in [-0.15, -0.1) is 0 Å². The van der Waals surface area contributed by atoms with Gasteiger partial charge in [0.2, 0.25) is 0 Å². The number of hydrogen-bond donors (Lipinski definition) is 1. The van der Waals surface area contributed by atoms with Gasteiger partial charge in [0.25, 0.3) is 11.8 Å². The molecule has 1 N–H and O–H groups in total. The lowest BCUT2D eigenvalue weighted by Gasteiger charge is -2.12. The Morgan fingerprint density at radius 1 is 1.35 bits per heavy atom. The molecular formula is C12H11BrN2O2. The van der Waals surface area contributed by atoms with Gasteiger partial charge in [-0.05, 0) is 25.1 Å². The Labute approximate surface area is 107 Å². The Balaban J connectivity index is 2.18. The number of halogens is 1. The van der Waals surface area contributed by atoms with E-state index >= 15 is 0 Å². The van der Waals surface area contributed by atoms with Crippen LogP contribution in [0.2, 0.25) is 0 Å². The molecule has 1 aliphatic heterocycles. The lowest BCUT2D eigenvalue weighted by Crippen LogP contribution is -2.31. The number of carbonyl (C=O) groups excluding carboxylic acids is 2. The van der Waals surface area contributed by atoms with Gasteiger partial charge in [-0.2, -0.15) is 0 Å². The number of carbonyl (C=O) groups is 2. The number of nitrogens with one attached hydrogen (secondary N) is 1. The molecule has 0 radical (unpaired) electrons. The standard InChI is InChI=1S/C12H11BrN2O2/c1-2-15-11(16)7-10(12(15)17)14-9-5-3-4-8(13)6-9/h3-7,14H,2H2,1H3. The van der Waals surface area contributed by atoms with Crippen LogP contribution in [0.3, 0.4) is 0 Å². The van der Waals surface area contributed by atoms with Crippen LogP contribution >= 0.6 is 15.9 Å². The summed E-state index contributed by atoms with van der Waals surface area (Å²) in [6.07, 6.45) is 1.33. The molecule has 0 spiro atoms. The zero-order valence-electron chi connectivity index (χ0n) is 9.24. The monoisotopic (exact) mass is 294 g/mol. The first-order valence-electron chi connectivity index (χ1n) is 5.22. The number of anilines is 1. The molecule has 1 aromatic rings. The highest BCUT2D eigenvalue weighted by molar-refractivity contribution is 9.10. The normalized spacial score (nSPS) is 15.2. The van der Waals surface area contributed by atoms with Gasteiger partial charge in [-0.3, -0.25) is 14.5 Å². The number of imide groups is 1. The highest BCUT2D eigenvalue weighted by Crippen LogP contribution is 2.20. The first-order chi connectivity index (χ1) is 8.11. The maximum Gasteiger partial charge on any atom is 0.277 e. The Bertz CT molecular complexity index is 511. The predicted molar refractivity (Wildman–Crippen MR) is 68.2 cm³/mol. The largest absolute Gasteiger partial charge is 0.351 e. The summed E-state index contributed by atoms with van der Waals surface area (Å²) in [4.78, 5) is 24.5. The lowest BCUT2D eigenvalue weighted by molar-refractivity contribution is -0.136. The van der Waals surface area contributed by atoms with Gasteiger partial charge in [-0.1, -0.05) is 22.0 Å². The number of likely N-dealkylation sites (N-methyl/N-ethyl adjacent to an activating group) is 1. The van der Waals surface area contributed by atoms with E-state index in [9.17, 15) is 9.59 Å². The van der Waals surface area contributed by atoms with Gasteiger partial charge in [0.05, 0.1) is 0 Å². The molecule has 0 atom stereocenters. The maximum absolute atomic E-state index is 11.8. The van der Waals surface area contributed by atoms with Gasteiger partial charge < -0.3 is 5.32 Å². The van der Waals surface area contributed by atoms with Crippen LogP contribution in [0.25, 0.3) is 0 Å². The molecule has 0 unspecified atom stereocenters. The van der Waals surface area contributed by atoms with Crippen molar-refractivity contribution >= 4 is 33.4 Å². The molecular weight excluding hydrogens is 284 g/mol.